The minimum absolute atomic E-state index is 0.188. The molecule has 1 unspecified atom stereocenters. The molecule has 5 nitrogen and oxygen atoms in total. The number of fused-ring (bicyclic) bond motifs is 1. The molecule has 0 aliphatic carbocycles. The quantitative estimate of drug-likeness (QED) is 0.833. The topological polar surface area (TPSA) is 74.6 Å². The van der Waals surface area contributed by atoms with E-state index in [2.05, 4.69) is 11.1 Å². The predicted molar refractivity (Wildman–Crippen MR) is 71.0 cm³/mol. The van der Waals surface area contributed by atoms with Crippen molar-refractivity contribution >= 4 is 0 Å². The molecule has 3 rings (SSSR count). The summed E-state index contributed by atoms with van der Waals surface area (Å²) in [5, 5.41) is 18.1. The van der Waals surface area contributed by atoms with Crippen LogP contribution in [0, 0.1) is 22.7 Å². The lowest BCUT2D eigenvalue weighted by Gasteiger charge is -2.26. The number of hydrogen-bond acceptors (Lipinski definition) is 4. The lowest BCUT2D eigenvalue weighted by Crippen LogP contribution is -2.19. The first-order valence-electron chi connectivity index (χ1n) is 6.40. The van der Waals surface area contributed by atoms with E-state index in [-0.39, 0.29) is 11.6 Å². The molecule has 0 saturated carbocycles. The third kappa shape index (κ3) is 2.00. The molecule has 0 fully saturated rings. The van der Waals surface area contributed by atoms with Gasteiger partial charge in [-0.25, -0.2) is 4.98 Å². The number of imidazole rings is 1. The van der Waals surface area contributed by atoms with Crippen molar-refractivity contribution in [2.24, 2.45) is 0 Å². The summed E-state index contributed by atoms with van der Waals surface area (Å²) in [7, 11) is 0. The summed E-state index contributed by atoms with van der Waals surface area (Å²) in [6, 6.07) is 11.9. The van der Waals surface area contributed by atoms with E-state index < -0.39 is 0 Å². The van der Waals surface area contributed by atoms with Crippen LogP contribution in [0.2, 0.25) is 0 Å². The van der Waals surface area contributed by atoms with Crippen molar-refractivity contribution < 1.29 is 4.74 Å². The number of nitriles is 2. The van der Waals surface area contributed by atoms with Crippen LogP contribution in [0.25, 0.3) is 0 Å². The molecule has 1 aromatic carbocycles. The minimum Gasteiger partial charge on any atom is -0.493 e. The van der Waals surface area contributed by atoms with Gasteiger partial charge >= 0.3 is 0 Å². The molecular weight excluding hydrogens is 252 g/mol. The third-order valence-electron chi connectivity index (χ3n) is 3.55. The lowest BCUT2D eigenvalue weighted by molar-refractivity contribution is 0.258. The first kappa shape index (κ1) is 12.3. The molecule has 1 atom stereocenters. The highest BCUT2D eigenvalue weighted by atomic mass is 16.5. The molecule has 1 aliphatic heterocycles. The van der Waals surface area contributed by atoms with Gasteiger partial charge in [0, 0.05) is 12.5 Å². The second-order valence-corrected chi connectivity index (χ2v) is 4.69. The van der Waals surface area contributed by atoms with Crippen LogP contribution < -0.4 is 4.74 Å². The van der Waals surface area contributed by atoms with E-state index in [4.69, 9.17) is 15.3 Å². The normalized spacial score (nSPS) is 16.6. The van der Waals surface area contributed by atoms with Crippen molar-refractivity contribution in [3.63, 3.8) is 0 Å². The molecule has 0 saturated heterocycles. The first-order chi connectivity index (χ1) is 9.83. The molecule has 20 heavy (non-hydrogen) atoms. The van der Waals surface area contributed by atoms with Crippen molar-refractivity contribution in [3.8, 4) is 17.9 Å². The molecule has 98 valence electrons. The Morgan fingerprint density at radius 2 is 2.15 bits per heavy atom. The van der Waals surface area contributed by atoms with Crippen LogP contribution in [-0.4, -0.2) is 16.2 Å². The second kappa shape index (κ2) is 5.07. The molecule has 0 spiro atoms. The summed E-state index contributed by atoms with van der Waals surface area (Å²) in [5.41, 5.74) is 1.67. The van der Waals surface area contributed by atoms with Gasteiger partial charge in [-0.3, -0.25) is 0 Å². The number of para-hydroxylation sites is 1. The fourth-order valence-corrected chi connectivity index (χ4v) is 2.56. The van der Waals surface area contributed by atoms with E-state index in [0.717, 1.165) is 17.7 Å². The van der Waals surface area contributed by atoms with Gasteiger partial charge in [-0.15, -0.1) is 0 Å². The Morgan fingerprint density at radius 3 is 2.95 bits per heavy atom. The van der Waals surface area contributed by atoms with Crippen molar-refractivity contribution in [1.29, 1.82) is 10.5 Å². The molecular formula is C15H12N4O. The summed E-state index contributed by atoms with van der Waals surface area (Å²) in [6.45, 7) is 1.31. The monoisotopic (exact) mass is 264 g/mol. The zero-order chi connectivity index (χ0) is 13.9. The average Bonchev–Trinajstić information content (AvgIpc) is 2.89. The fourth-order valence-electron chi connectivity index (χ4n) is 2.56. The van der Waals surface area contributed by atoms with E-state index in [9.17, 15) is 0 Å². The Hall–Kier alpha value is -2.79. The Kier molecular flexibility index (Phi) is 3.10. The van der Waals surface area contributed by atoms with E-state index in [1.54, 1.807) is 10.9 Å². The van der Waals surface area contributed by atoms with Gasteiger partial charge in [0.2, 0.25) is 0 Å². The minimum atomic E-state index is 0.188. The molecule has 2 aromatic rings. The smallest absolute Gasteiger partial charge is 0.176 e. The Balaban J connectivity index is 1.92. The van der Waals surface area contributed by atoms with Gasteiger partial charge in [-0.05, 0) is 18.1 Å². The van der Waals surface area contributed by atoms with Crippen LogP contribution in [0.1, 0.15) is 29.3 Å². The zero-order valence-corrected chi connectivity index (χ0v) is 10.8. The van der Waals surface area contributed by atoms with E-state index >= 15 is 0 Å². The molecule has 1 aliphatic rings. The van der Waals surface area contributed by atoms with Crippen LogP contribution in [0.5, 0.6) is 5.75 Å². The summed E-state index contributed by atoms with van der Waals surface area (Å²) < 4.78 is 7.39. The summed E-state index contributed by atoms with van der Waals surface area (Å²) >= 11 is 0. The highest BCUT2D eigenvalue weighted by molar-refractivity contribution is 5.39. The first-order valence-corrected chi connectivity index (χ1v) is 6.40. The number of hydrogen-bond donors (Lipinski definition) is 0. The number of rotatable bonds is 2. The maximum absolute atomic E-state index is 9.16. The molecule has 0 amide bonds. The number of aromatic nitrogens is 2. The number of nitrogens with zero attached hydrogens (tertiary/aromatic N) is 4. The number of benzene rings is 1. The molecule has 0 N–H and O–H groups in total. The second-order valence-electron chi connectivity index (χ2n) is 4.69. The van der Waals surface area contributed by atoms with E-state index in [1.165, 1.54) is 0 Å². The maximum Gasteiger partial charge on any atom is 0.176 e. The highest BCUT2D eigenvalue weighted by Crippen LogP contribution is 2.34. The van der Waals surface area contributed by atoms with Gasteiger partial charge < -0.3 is 9.30 Å². The third-order valence-corrected chi connectivity index (χ3v) is 3.55. The SMILES string of the molecule is N#Cc1ncn(CC2CCOc3ccccc32)c1C#N. The van der Waals surface area contributed by atoms with Crippen LogP contribution in [0.3, 0.4) is 0 Å². The number of ether oxygens (including phenoxy) is 1. The molecule has 0 radical (unpaired) electrons. The lowest BCUT2D eigenvalue weighted by atomic mass is 9.93. The summed E-state index contributed by atoms with van der Waals surface area (Å²) in [5.74, 6) is 1.18. The predicted octanol–water partition coefficient (Wildman–Crippen LogP) is 2.19. The van der Waals surface area contributed by atoms with Crippen molar-refractivity contribution in [1.82, 2.24) is 9.55 Å². The van der Waals surface area contributed by atoms with Gasteiger partial charge in [0.05, 0.1) is 12.9 Å². The molecule has 1 aromatic heterocycles. The van der Waals surface area contributed by atoms with Crippen molar-refractivity contribution in [2.75, 3.05) is 6.61 Å². The summed E-state index contributed by atoms with van der Waals surface area (Å²) in [6.07, 6.45) is 2.46. The molecule has 0 bridgehead atoms. The van der Waals surface area contributed by atoms with Crippen LogP contribution in [0.4, 0.5) is 0 Å². The average molecular weight is 264 g/mol. The highest BCUT2D eigenvalue weighted by Gasteiger charge is 2.23. The van der Waals surface area contributed by atoms with Gasteiger partial charge in [0.1, 0.15) is 17.9 Å². The van der Waals surface area contributed by atoms with Crippen molar-refractivity contribution in [2.45, 2.75) is 18.9 Å². The maximum atomic E-state index is 9.16. The fraction of sp³-hybridized carbons (Fsp3) is 0.267. The van der Waals surface area contributed by atoms with Crippen LogP contribution >= 0.6 is 0 Å². The van der Waals surface area contributed by atoms with E-state index in [0.29, 0.717) is 18.8 Å². The van der Waals surface area contributed by atoms with Gasteiger partial charge in [0.25, 0.3) is 0 Å². The Morgan fingerprint density at radius 1 is 1.30 bits per heavy atom. The van der Waals surface area contributed by atoms with Gasteiger partial charge in [-0.2, -0.15) is 10.5 Å². The zero-order valence-electron chi connectivity index (χ0n) is 10.8. The Bertz CT molecular complexity index is 720. The van der Waals surface area contributed by atoms with Crippen LogP contribution in [-0.2, 0) is 6.54 Å². The summed E-state index contributed by atoms with van der Waals surface area (Å²) in [4.78, 5) is 3.98. The largest absolute Gasteiger partial charge is 0.493 e. The van der Waals surface area contributed by atoms with Gasteiger partial charge in [-0.1, -0.05) is 18.2 Å². The van der Waals surface area contributed by atoms with E-state index in [1.807, 2.05) is 30.3 Å². The molecule has 5 heteroatoms. The standard InChI is InChI=1S/C15H12N4O/c16-7-13-14(8-17)19(10-18-13)9-11-5-6-20-15-4-2-1-3-12(11)15/h1-4,10-11H,5-6,9H2. The van der Waals surface area contributed by atoms with Crippen molar-refractivity contribution in [3.05, 3.63) is 47.5 Å². The van der Waals surface area contributed by atoms with Crippen LogP contribution in [0.15, 0.2) is 30.6 Å². The molecule has 2 heterocycles. The Labute approximate surface area is 116 Å². The van der Waals surface area contributed by atoms with Gasteiger partial charge in [0.15, 0.2) is 11.4 Å².